The molecule has 0 bridgehead atoms. The Morgan fingerprint density at radius 2 is 2.17 bits per heavy atom. The maximum absolute atomic E-state index is 14.8. The van der Waals surface area contributed by atoms with E-state index in [-0.39, 0.29) is 17.5 Å². The average Bonchev–Trinajstić information content (AvgIpc) is 3.42. The fourth-order valence-electron chi connectivity index (χ4n) is 5.12. The van der Waals surface area contributed by atoms with Gasteiger partial charge in [0, 0.05) is 30.6 Å². The number of anilines is 1. The first-order chi connectivity index (χ1) is 14.4. The summed E-state index contributed by atoms with van der Waals surface area (Å²) in [6, 6.07) is 0.780. The minimum absolute atomic E-state index is 0.0481. The van der Waals surface area contributed by atoms with Gasteiger partial charge in [-0.25, -0.2) is 14.4 Å². The minimum atomic E-state index is -0.441. The smallest absolute Gasteiger partial charge is 0.255 e. The fourth-order valence-corrected chi connectivity index (χ4v) is 6.69. The highest BCUT2D eigenvalue weighted by molar-refractivity contribution is 7.16. The summed E-state index contributed by atoms with van der Waals surface area (Å²) >= 11 is 1.52. The molecule has 2 atom stereocenters. The van der Waals surface area contributed by atoms with Crippen LogP contribution >= 0.6 is 11.3 Å². The van der Waals surface area contributed by atoms with Crippen molar-refractivity contribution in [3.8, 4) is 10.6 Å². The van der Waals surface area contributed by atoms with Crippen LogP contribution in [0.3, 0.4) is 0 Å². The summed E-state index contributed by atoms with van der Waals surface area (Å²) in [5, 5.41) is 3.42. The first-order valence-corrected chi connectivity index (χ1v) is 11.6. The van der Waals surface area contributed by atoms with Gasteiger partial charge in [-0.2, -0.15) is 0 Å². The zero-order valence-corrected chi connectivity index (χ0v) is 18.8. The lowest BCUT2D eigenvalue weighted by molar-refractivity contribution is 0.0755. The van der Waals surface area contributed by atoms with E-state index in [4.69, 9.17) is 0 Å². The number of halogens is 1. The van der Waals surface area contributed by atoms with Crippen molar-refractivity contribution in [3.63, 3.8) is 0 Å². The van der Waals surface area contributed by atoms with Crippen LogP contribution in [0.2, 0.25) is 0 Å². The molecule has 1 aliphatic carbocycles. The number of amides is 1. The lowest BCUT2D eigenvalue weighted by Crippen LogP contribution is -2.44. The predicted octanol–water partition coefficient (Wildman–Crippen LogP) is 4.01. The number of thiophene rings is 1. The number of hydrogen-bond donors (Lipinski definition) is 1. The van der Waals surface area contributed by atoms with Gasteiger partial charge in [-0.1, -0.05) is 6.92 Å². The van der Waals surface area contributed by atoms with Gasteiger partial charge in [-0.3, -0.25) is 4.79 Å². The number of hydrogen-bond acceptors (Lipinski definition) is 6. The molecule has 3 aliphatic rings. The molecule has 0 unspecified atom stereocenters. The molecule has 2 fully saturated rings. The Bertz CT molecular complexity index is 1020. The zero-order chi connectivity index (χ0) is 21.2. The van der Waals surface area contributed by atoms with Crippen LogP contribution in [0.1, 0.15) is 60.3 Å². The largest absolute Gasteiger partial charge is 0.351 e. The lowest BCUT2D eigenvalue weighted by atomic mass is 9.98. The molecule has 30 heavy (non-hydrogen) atoms. The fraction of sp³-hybridized carbons (Fsp3) is 0.591. The molecule has 0 aromatic carbocycles. The molecule has 2 aromatic rings. The Labute approximate surface area is 180 Å². The Morgan fingerprint density at radius 1 is 1.40 bits per heavy atom. The summed E-state index contributed by atoms with van der Waals surface area (Å²) in [6.45, 7) is 8.44. The quantitative estimate of drug-likeness (QED) is 0.796. The number of rotatable bonds is 4. The normalized spacial score (nSPS) is 25.1. The average molecular weight is 430 g/mol. The summed E-state index contributed by atoms with van der Waals surface area (Å²) in [7, 11) is 1.87. The Kier molecular flexibility index (Phi) is 4.63. The van der Waals surface area contributed by atoms with Crippen molar-refractivity contribution < 1.29 is 9.18 Å². The van der Waals surface area contributed by atoms with Gasteiger partial charge in [0.25, 0.3) is 5.91 Å². The number of carbonyl (C=O) groups excluding carboxylic acids is 1. The number of nitrogens with zero attached hydrogens (tertiary/aromatic N) is 4. The van der Waals surface area contributed by atoms with E-state index in [1.165, 1.54) is 17.5 Å². The van der Waals surface area contributed by atoms with Crippen molar-refractivity contribution in [1.29, 1.82) is 0 Å². The second-order valence-electron chi connectivity index (χ2n) is 8.89. The maximum atomic E-state index is 14.8. The predicted molar refractivity (Wildman–Crippen MR) is 116 cm³/mol. The second kappa shape index (κ2) is 6.99. The van der Waals surface area contributed by atoms with Gasteiger partial charge in [0.15, 0.2) is 5.82 Å². The van der Waals surface area contributed by atoms with E-state index in [9.17, 15) is 9.18 Å². The number of nitrogens with one attached hydrogen (secondary N) is 1. The van der Waals surface area contributed by atoms with Crippen molar-refractivity contribution >= 4 is 23.2 Å². The number of likely N-dealkylation sites (tertiary alicyclic amines) is 1. The van der Waals surface area contributed by atoms with Gasteiger partial charge >= 0.3 is 0 Å². The first kappa shape index (κ1) is 19.9. The number of fused-ring (bicyclic) bond motifs is 2. The van der Waals surface area contributed by atoms with Gasteiger partial charge < -0.3 is 15.1 Å². The van der Waals surface area contributed by atoms with E-state index in [1.54, 1.807) is 0 Å². The molecule has 1 saturated heterocycles. The van der Waals surface area contributed by atoms with E-state index >= 15 is 0 Å². The van der Waals surface area contributed by atoms with Gasteiger partial charge in [-0.15, -0.1) is 11.3 Å². The molecule has 5 rings (SSSR count). The van der Waals surface area contributed by atoms with E-state index in [0.29, 0.717) is 17.7 Å². The molecule has 1 amide bonds. The molecular weight excluding hydrogens is 401 g/mol. The van der Waals surface area contributed by atoms with Crippen molar-refractivity contribution in [2.45, 2.75) is 64.1 Å². The Balaban J connectivity index is 1.44. The van der Waals surface area contributed by atoms with Crippen LogP contribution in [0.25, 0.3) is 10.6 Å². The standard InChI is InChI=1S/C22H28FN5OS/c1-5-28-9-6-14(10-12(28)2)25-21-24-11-15(23)17(26-21)18-13(3)16-19(30-18)22(7-8-22)27(4)20(16)29/h11-12,14H,5-10H2,1-4H3,(H,24,25,26)/t12-,14-/m0/s1. The highest BCUT2D eigenvalue weighted by Gasteiger charge is 2.58. The van der Waals surface area contributed by atoms with Crippen LogP contribution in [-0.4, -0.2) is 57.9 Å². The second-order valence-corrected chi connectivity index (χ2v) is 9.91. The van der Waals surface area contributed by atoms with E-state index in [2.05, 4.69) is 34.0 Å². The highest BCUT2D eigenvalue weighted by Crippen LogP contribution is 2.60. The molecular formula is C22H28FN5OS. The van der Waals surface area contributed by atoms with Crippen LogP contribution in [0.5, 0.6) is 0 Å². The molecule has 1 spiro atoms. The first-order valence-electron chi connectivity index (χ1n) is 10.8. The van der Waals surface area contributed by atoms with Crippen molar-refractivity contribution in [1.82, 2.24) is 19.8 Å². The van der Waals surface area contributed by atoms with E-state index < -0.39 is 5.82 Å². The van der Waals surface area contributed by atoms with Gasteiger partial charge in [0.05, 0.1) is 22.2 Å². The lowest BCUT2D eigenvalue weighted by Gasteiger charge is -2.37. The van der Waals surface area contributed by atoms with Crippen LogP contribution in [0.4, 0.5) is 10.3 Å². The Morgan fingerprint density at radius 3 is 2.83 bits per heavy atom. The number of aromatic nitrogens is 2. The zero-order valence-electron chi connectivity index (χ0n) is 18.0. The molecule has 1 saturated carbocycles. The summed E-state index contributed by atoms with van der Waals surface area (Å²) in [5.74, 6) is 0.0708. The summed E-state index contributed by atoms with van der Waals surface area (Å²) in [4.78, 5) is 27.7. The third kappa shape index (κ3) is 2.87. The number of piperidine rings is 1. The molecule has 0 radical (unpaired) electrons. The monoisotopic (exact) mass is 429 g/mol. The van der Waals surface area contributed by atoms with Crippen LogP contribution < -0.4 is 5.32 Å². The van der Waals surface area contributed by atoms with Gasteiger partial charge in [-0.05, 0) is 51.6 Å². The third-order valence-corrected chi connectivity index (χ3v) is 8.66. The van der Waals surface area contributed by atoms with Crippen molar-refractivity contribution in [2.75, 3.05) is 25.5 Å². The van der Waals surface area contributed by atoms with Gasteiger partial charge in [0.2, 0.25) is 5.95 Å². The summed E-state index contributed by atoms with van der Waals surface area (Å²) in [5.41, 5.74) is 1.73. The highest BCUT2D eigenvalue weighted by atomic mass is 32.1. The maximum Gasteiger partial charge on any atom is 0.255 e. The molecule has 8 heteroatoms. The summed E-state index contributed by atoms with van der Waals surface area (Å²) < 4.78 is 14.8. The Hall–Kier alpha value is -2.06. The van der Waals surface area contributed by atoms with E-state index in [0.717, 1.165) is 59.7 Å². The molecule has 160 valence electrons. The molecule has 2 aromatic heterocycles. The summed E-state index contributed by atoms with van der Waals surface area (Å²) in [6.07, 6.45) is 5.24. The molecule has 2 aliphatic heterocycles. The minimum Gasteiger partial charge on any atom is -0.351 e. The van der Waals surface area contributed by atoms with Crippen LogP contribution in [0, 0.1) is 12.7 Å². The van der Waals surface area contributed by atoms with Crippen LogP contribution in [0.15, 0.2) is 6.20 Å². The number of carbonyl (C=O) groups is 1. The molecule has 4 heterocycles. The SMILES string of the molecule is CCN1CC[C@H](Nc2ncc(F)c(-c3sc4c(c3C)C(=O)N(C)C43CC3)n2)C[C@@H]1C. The van der Waals surface area contributed by atoms with Crippen LogP contribution in [-0.2, 0) is 5.54 Å². The molecule has 6 nitrogen and oxygen atoms in total. The van der Waals surface area contributed by atoms with E-state index in [1.807, 2.05) is 18.9 Å². The van der Waals surface area contributed by atoms with Crippen molar-refractivity contribution in [3.05, 3.63) is 28.0 Å². The van der Waals surface area contributed by atoms with Crippen molar-refractivity contribution in [2.24, 2.45) is 0 Å². The molecule has 1 N–H and O–H groups in total. The third-order valence-electron chi connectivity index (χ3n) is 7.17. The van der Waals surface area contributed by atoms with Gasteiger partial charge in [0.1, 0.15) is 5.69 Å². The topological polar surface area (TPSA) is 61.4 Å².